The highest BCUT2D eigenvalue weighted by Crippen LogP contribution is 2.75. The maximum Gasteiger partial charge on any atom is 0.335 e. The molecule has 0 aromatic carbocycles. The maximum atomic E-state index is 13.8. The Morgan fingerprint density at radius 1 is 0.750 bits per heavy atom. The molecule has 0 spiro atoms. The van der Waals surface area contributed by atoms with Crippen LogP contribution in [-0.4, -0.2) is 163 Å². The molecule has 0 bridgehead atoms. The summed E-state index contributed by atoms with van der Waals surface area (Å²) in [4.78, 5) is 26.2. The van der Waals surface area contributed by atoms with Crippen LogP contribution in [0.15, 0.2) is 11.6 Å². The molecule has 5 aliphatic carbocycles. The van der Waals surface area contributed by atoms with Crippen molar-refractivity contribution in [3.05, 3.63) is 11.6 Å². The van der Waals surface area contributed by atoms with Crippen molar-refractivity contribution >= 4 is 11.8 Å². The van der Waals surface area contributed by atoms with Gasteiger partial charge in [0.15, 0.2) is 25.0 Å². The number of carbonyl (C=O) groups excluding carboxylic acids is 1. The van der Waals surface area contributed by atoms with Gasteiger partial charge in [0.25, 0.3) is 0 Å². The van der Waals surface area contributed by atoms with Gasteiger partial charge >= 0.3 is 5.97 Å². The van der Waals surface area contributed by atoms with Crippen molar-refractivity contribution in [2.45, 2.75) is 205 Å². The van der Waals surface area contributed by atoms with Gasteiger partial charge in [0.05, 0.1) is 25.4 Å². The fourth-order valence-electron chi connectivity index (χ4n) is 14.6. The lowest BCUT2D eigenvalue weighted by atomic mass is 9.33. The molecule has 23 atom stereocenters. The minimum atomic E-state index is -2.02. The molecule has 3 heterocycles. The van der Waals surface area contributed by atoms with Crippen LogP contribution in [0.1, 0.15) is 113 Å². The van der Waals surface area contributed by atoms with E-state index < -0.39 is 110 Å². The van der Waals surface area contributed by atoms with Crippen LogP contribution in [-0.2, 0) is 38.0 Å². The molecule has 0 aromatic heterocycles. The predicted octanol–water partition coefficient (Wildman–Crippen LogP) is 1.55. The largest absolute Gasteiger partial charge is 0.479 e. The summed E-state index contributed by atoms with van der Waals surface area (Å²) in [5, 5.41) is 97.2. The molecule has 4 saturated carbocycles. The number of carboxylic acid groups (broad SMARTS) is 1. The fourth-order valence-corrected chi connectivity index (χ4v) is 14.6. The van der Waals surface area contributed by atoms with Crippen LogP contribution >= 0.6 is 0 Å². The molecule has 8 aliphatic rings. The smallest absolute Gasteiger partial charge is 0.335 e. The van der Waals surface area contributed by atoms with Gasteiger partial charge in [0, 0.05) is 17.3 Å². The lowest BCUT2D eigenvalue weighted by Crippen LogP contribution is -2.68. The standard InChI is InChI=1S/C47H74O17/c1-21-29(51)31(53)34(56)39(60-21)63-36-30(52)24(49)19-59-40(36)64-37-33(55)32(54)35(38(57)58)62-41(37)61-28-12-13-44(5)25(45(28,6)20-48)11-14-47(8)26(44)10-9-22-23-17-42(2,3)18-27(50)43(23,4)15-16-46(22,47)7/h9,21,23-26,28-37,39-41,48-49,51-56H,10-20H2,1-8H3,(H,57,58). The number of fused-ring (bicyclic) bond motifs is 7. The first kappa shape index (κ1) is 48.8. The molecule has 23 unspecified atom stereocenters. The van der Waals surface area contributed by atoms with Gasteiger partial charge in [0.1, 0.15) is 60.7 Å². The third-order valence-electron chi connectivity index (χ3n) is 18.8. The van der Waals surface area contributed by atoms with Gasteiger partial charge < -0.3 is 74.4 Å². The minimum absolute atomic E-state index is 0.0626. The molecule has 3 aliphatic heterocycles. The Morgan fingerprint density at radius 3 is 2.09 bits per heavy atom. The highest BCUT2D eigenvalue weighted by atomic mass is 16.8. The Morgan fingerprint density at radius 2 is 1.42 bits per heavy atom. The van der Waals surface area contributed by atoms with Gasteiger partial charge in [-0.15, -0.1) is 0 Å². The van der Waals surface area contributed by atoms with Gasteiger partial charge in [-0.05, 0) is 97.7 Å². The molecular formula is C47H74O17. The average Bonchev–Trinajstić information content (AvgIpc) is 3.22. The first-order valence-corrected chi connectivity index (χ1v) is 23.5. The fraction of sp³-hybridized carbons (Fsp3) is 0.915. The van der Waals surface area contributed by atoms with E-state index in [-0.39, 0.29) is 51.4 Å². The number of hydrogen-bond donors (Lipinski definition) is 9. The number of rotatable bonds is 8. The molecule has 17 nitrogen and oxygen atoms in total. The summed E-state index contributed by atoms with van der Waals surface area (Å²) >= 11 is 0. The summed E-state index contributed by atoms with van der Waals surface area (Å²) in [7, 11) is 0. The lowest BCUT2D eigenvalue weighted by Gasteiger charge is -2.71. The first-order chi connectivity index (χ1) is 29.8. The number of ketones is 1. The van der Waals surface area contributed by atoms with Gasteiger partial charge in [-0.3, -0.25) is 4.79 Å². The molecule has 9 N–H and O–H groups in total. The molecule has 364 valence electrons. The number of aliphatic hydroxyl groups excluding tert-OH is 8. The van der Waals surface area contributed by atoms with E-state index in [4.69, 9.17) is 28.4 Å². The second kappa shape index (κ2) is 16.8. The molecular weight excluding hydrogens is 837 g/mol. The van der Waals surface area contributed by atoms with Gasteiger partial charge in [0.2, 0.25) is 0 Å². The third-order valence-corrected chi connectivity index (χ3v) is 18.8. The normalized spacial score (nSPS) is 55.0. The van der Waals surface area contributed by atoms with Crippen molar-refractivity contribution in [3.8, 4) is 0 Å². The summed E-state index contributed by atoms with van der Waals surface area (Å²) in [6, 6.07) is 0. The van der Waals surface area contributed by atoms with Crippen molar-refractivity contribution in [2.75, 3.05) is 13.2 Å². The van der Waals surface area contributed by atoms with Crippen LogP contribution in [0.3, 0.4) is 0 Å². The van der Waals surface area contributed by atoms with Crippen LogP contribution in [0.25, 0.3) is 0 Å². The summed E-state index contributed by atoms with van der Waals surface area (Å²) < 4.78 is 36.0. The van der Waals surface area contributed by atoms with E-state index in [1.54, 1.807) is 0 Å². The SMILES string of the molecule is CC1OC(OC2C(OC3C(OC4CCC5(C)C(CCC6(C)C5CC=C5C7CC(C)(C)CC(=O)C7(C)CCC56C)C4(C)CO)OC(C(=O)O)C(O)C3O)OCC(O)C2O)C(O)C(O)C1O. The third kappa shape index (κ3) is 7.40. The number of ether oxygens (including phenoxy) is 6. The summed E-state index contributed by atoms with van der Waals surface area (Å²) in [6.45, 7) is 16.5. The monoisotopic (exact) mass is 910 g/mol. The van der Waals surface area contributed by atoms with Gasteiger partial charge in [-0.25, -0.2) is 4.79 Å². The Labute approximate surface area is 375 Å². The zero-order chi connectivity index (χ0) is 46.9. The summed E-state index contributed by atoms with van der Waals surface area (Å²) in [6.07, 6.45) is -14.8. The Hall–Kier alpha value is -1.68. The topological polar surface area (TPSA) is 272 Å². The Kier molecular flexibility index (Phi) is 12.8. The van der Waals surface area contributed by atoms with Crippen molar-refractivity contribution < 1.29 is 84.0 Å². The molecule has 0 radical (unpaired) electrons. The first-order valence-electron chi connectivity index (χ1n) is 23.5. The van der Waals surface area contributed by atoms with Crippen LogP contribution in [0.4, 0.5) is 0 Å². The van der Waals surface area contributed by atoms with Crippen LogP contribution < -0.4 is 0 Å². The lowest BCUT2D eigenvalue weighted by molar-refractivity contribution is -0.387. The second-order valence-corrected chi connectivity index (χ2v) is 22.9. The Balaban J connectivity index is 1.06. The quantitative estimate of drug-likeness (QED) is 0.124. The van der Waals surface area contributed by atoms with Crippen LogP contribution in [0, 0.1) is 50.2 Å². The summed E-state index contributed by atoms with van der Waals surface area (Å²) in [5.74, 6) is -0.816. The van der Waals surface area contributed by atoms with E-state index >= 15 is 0 Å². The number of allylic oxidation sites excluding steroid dienone is 2. The molecule has 17 heteroatoms. The van der Waals surface area contributed by atoms with Crippen molar-refractivity contribution in [2.24, 2.45) is 50.2 Å². The van der Waals surface area contributed by atoms with E-state index in [9.17, 15) is 55.5 Å². The molecule has 7 fully saturated rings. The van der Waals surface area contributed by atoms with E-state index in [1.165, 1.54) is 12.5 Å². The second-order valence-electron chi connectivity index (χ2n) is 22.9. The minimum Gasteiger partial charge on any atom is -0.479 e. The van der Waals surface area contributed by atoms with E-state index in [2.05, 4.69) is 47.6 Å². The number of carbonyl (C=O) groups is 2. The Bertz CT molecular complexity index is 1810. The van der Waals surface area contributed by atoms with Crippen LogP contribution in [0.5, 0.6) is 0 Å². The van der Waals surface area contributed by atoms with Crippen LogP contribution in [0.2, 0.25) is 0 Å². The molecule has 0 amide bonds. The zero-order valence-corrected chi connectivity index (χ0v) is 38.5. The molecule has 3 saturated heterocycles. The van der Waals surface area contributed by atoms with Crippen molar-refractivity contribution in [1.82, 2.24) is 0 Å². The predicted molar refractivity (Wildman–Crippen MR) is 224 cm³/mol. The van der Waals surface area contributed by atoms with Gasteiger partial charge in [-0.1, -0.05) is 60.1 Å². The molecule has 0 aromatic rings. The number of aliphatic hydroxyl groups is 8. The highest BCUT2D eigenvalue weighted by molar-refractivity contribution is 5.87. The zero-order valence-electron chi connectivity index (χ0n) is 38.5. The maximum absolute atomic E-state index is 13.8. The molecule has 64 heavy (non-hydrogen) atoms. The van der Waals surface area contributed by atoms with E-state index in [1.807, 2.05) is 6.92 Å². The number of carboxylic acids is 1. The van der Waals surface area contributed by atoms with E-state index in [0.717, 1.165) is 38.5 Å². The average molecular weight is 911 g/mol. The highest BCUT2D eigenvalue weighted by Gasteiger charge is 2.70. The van der Waals surface area contributed by atoms with Gasteiger partial charge in [-0.2, -0.15) is 0 Å². The molecule has 8 rings (SSSR count). The van der Waals surface area contributed by atoms with E-state index in [0.29, 0.717) is 25.0 Å². The number of hydrogen-bond acceptors (Lipinski definition) is 16. The van der Waals surface area contributed by atoms with Crippen molar-refractivity contribution in [3.63, 3.8) is 0 Å². The number of aliphatic carboxylic acids is 1. The number of Topliss-reactive ketones (excluding diaryl/α,β-unsaturated/α-hetero) is 1. The summed E-state index contributed by atoms with van der Waals surface area (Å²) in [5.41, 5.74) is -0.362. The van der Waals surface area contributed by atoms with Crippen molar-refractivity contribution in [1.29, 1.82) is 0 Å².